The fourth-order valence-electron chi connectivity index (χ4n) is 3.04. The third-order valence-electron chi connectivity index (χ3n) is 4.94. The number of carbonyl (C=O) groups excluding carboxylic acids is 3. The predicted octanol–water partition coefficient (Wildman–Crippen LogP) is -0.935. The maximum Gasteiger partial charge on any atom is 0.326 e. The maximum atomic E-state index is 12.8. The molecule has 32 heavy (non-hydrogen) atoms. The monoisotopic (exact) mass is 459 g/mol. The maximum absolute atomic E-state index is 12.8. The Hall–Kier alpha value is -2.24. The van der Waals surface area contributed by atoms with Crippen LogP contribution in [0.4, 0.5) is 0 Å². The van der Waals surface area contributed by atoms with Crippen molar-refractivity contribution < 1.29 is 29.4 Å². The SMILES string of the molecule is CC(C)CC(NC(=O)C(NC(=O)C(NC(=O)C(N)CCCCN)C(C)C)C(C)O)C(=O)O. The first-order valence-electron chi connectivity index (χ1n) is 11.1. The van der Waals surface area contributed by atoms with E-state index in [0.29, 0.717) is 19.4 Å². The molecule has 0 aromatic rings. The topological polar surface area (TPSA) is 197 Å². The first kappa shape index (κ1) is 29.8. The molecule has 9 N–H and O–H groups in total. The molecule has 186 valence electrons. The minimum absolute atomic E-state index is 0.00517. The van der Waals surface area contributed by atoms with Gasteiger partial charge in [-0.1, -0.05) is 34.1 Å². The molecule has 0 bridgehead atoms. The van der Waals surface area contributed by atoms with Crippen LogP contribution in [0.1, 0.15) is 60.3 Å². The number of carbonyl (C=O) groups is 4. The molecule has 0 aliphatic rings. The third kappa shape index (κ3) is 10.9. The van der Waals surface area contributed by atoms with E-state index >= 15 is 0 Å². The average Bonchev–Trinajstić information content (AvgIpc) is 2.68. The second kappa shape index (κ2) is 14.8. The van der Waals surface area contributed by atoms with Gasteiger partial charge < -0.3 is 37.6 Å². The van der Waals surface area contributed by atoms with Gasteiger partial charge in [0.05, 0.1) is 12.1 Å². The molecule has 0 aromatic heterocycles. The quantitative estimate of drug-likeness (QED) is 0.152. The summed E-state index contributed by atoms with van der Waals surface area (Å²) in [6.45, 7) is 8.85. The van der Waals surface area contributed by atoms with Gasteiger partial charge in [0.25, 0.3) is 0 Å². The van der Waals surface area contributed by atoms with Crippen molar-refractivity contribution in [1.29, 1.82) is 0 Å². The summed E-state index contributed by atoms with van der Waals surface area (Å²) in [6, 6.07) is -4.36. The van der Waals surface area contributed by atoms with Crippen LogP contribution in [0.25, 0.3) is 0 Å². The van der Waals surface area contributed by atoms with Crippen molar-refractivity contribution in [1.82, 2.24) is 16.0 Å². The molecule has 0 aliphatic carbocycles. The van der Waals surface area contributed by atoms with E-state index in [4.69, 9.17) is 11.5 Å². The molecule has 0 saturated heterocycles. The number of hydrogen-bond acceptors (Lipinski definition) is 7. The second-order valence-corrected chi connectivity index (χ2v) is 8.88. The van der Waals surface area contributed by atoms with Crippen LogP contribution in [0.15, 0.2) is 0 Å². The van der Waals surface area contributed by atoms with Gasteiger partial charge in [-0.25, -0.2) is 4.79 Å². The van der Waals surface area contributed by atoms with Crippen molar-refractivity contribution in [2.24, 2.45) is 23.3 Å². The summed E-state index contributed by atoms with van der Waals surface area (Å²) in [6.07, 6.45) is 0.715. The highest BCUT2D eigenvalue weighted by molar-refractivity contribution is 5.94. The van der Waals surface area contributed by atoms with Crippen molar-refractivity contribution in [3.05, 3.63) is 0 Å². The zero-order valence-corrected chi connectivity index (χ0v) is 19.8. The van der Waals surface area contributed by atoms with Crippen molar-refractivity contribution in [2.75, 3.05) is 6.54 Å². The highest BCUT2D eigenvalue weighted by atomic mass is 16.4. The van der Waals surface area contributed by atoms with Crippen molar-refractivity contribution in [3.8, 4) is 0 Å². The Morgan fingerprint density at radius 2 is 1.38 bits per heavy atom. The molecule has 11 heteroatoms. The predicted molar refractivity (Wildman–Crippen MR) is 120 cm³/mol. The number of aliphatic hydroxyl groups excluding tert-OH is 1. The Morgan fingerprint density at radius 1 is 0.844 bits per heavy atom. The lowest BCUT2D eigenvalue weighted by molar-refractivity contribution is -0.143. The molecule has 0 aromatic carbocycles. The molecule has 5 unspecified atom stereocenters. The zero-order valence-electron chi connectivity index (χ0n) is 19.8. The lowest BCUT2D eigenvalue weighted by Gasteiger charge is -2.28. The summed E-state index contributed by atoms with van der Waals surface area (Å²) in [5, 5.41) is 26.7. The largest absolute Gasteiger partial charge is 0.480 e. The summed E-state index contributed by atoms with van der Waals surface area (Å²) < 4.78 is 0. The number of amides is 3. The smallest absolute Gasteiger partial charge is 0.326 e. The fraction of sp³-hybridized carbons (Fsp3) is 0.810. The van der Waals surface area contributed by atoms with Crippen LogP contribution in [0, 0.1) is 11.8 Å². The van der Waals surface area contributed by atoms with E-state index < -0.39 is 54.0 Å². The molecular weight excluding hydrogens is 418 g/mol. The third-order valence-corrected chi connectivity index (χ3v) is 4.94. The molecule has 0 saturated carbocycles. The van der Waals surface area contributed by atoms with E-state index in [9.17, 15) is 29.4 Å². The molecule has 0 heterocycles. The molecule has 0 aliphatic heterocycles. The van der Waals surface area contributed by atoms with Gasteiger partial charge in [0.1, 0.15) is 18.1 Å². The highest BCUT2D eigenvalue weighted by Gasteiger charge is 2.33. The van der Waals surface area contributed by atoms with Gasteiger partial charge in [0.2, 0.25) is 17.7 Å². The number of carboxylic acid groups (broad SMARTS) is 1. The summed E-state index contributed by atoms with van der Waals surface area (Å²) in [4.78, 5) is 49.3. The van der Waals surface area contributed by atoms with Gasteiger partial charge in [-0.2, -0.15) is 0 Å². The van der Waals surface area contributed by atoms with Crippen LogP contribution in [-0.2, 0) is 19.2 Å². The Labute approximate surface area is 190 Å². The van der Waals surface area contributed by atoms with Gasteiger partial charge >= 0.3 is 5.97 Å². The average molecular weight is 460 g/mol. The number of rotatable bonds is 15. The van der Waals surface area contributed by atoms with E-state index in [1.807, 2.05) is 13.8 Å². The molecular formula is C21H41N5O6. The Bertz CT molecular complexity index is 626. The number of nitrogens with one attached hydrogen (secondary N) is 3. The first-order chi connectivity index (χ1) is 14.8. The van der Waals surface area contributed by atoms with Gasteiger partial charge in [0.15, 0.2) is 0 Å². The molecule has 11 nitrogen and oxygen atoms in total. The molecule has 0 rings (SSSR count). The molecule has 0 radical (unpaired) electrons. The van der Waals surface area contributed by atoms with Gasteiger partial charge in [0, 0.05) is 0 Å². The summed E-state index contributed by atoms with van der Waals surface area (Å²) in [7, 11) is 0. The summed E-state index contributed by atoms with van der Waals surface area (Å²) in [5.41, 5.74) is 11.3. The summed E-state index contributed by atoms with van der Waals surface area (Å²) in [5.74, 6) is -3.55. The molecule has 3 amide bonds. The lowest BCUT2D eigenvalue weighted by atomic mass is 10.0. The van der Waals surface area contributed by atoms with Crippen LogP contribution in [0.3, 0.4) is 0 Å². The minimum Gasteiger partial charge on any atom is -0.480 e. The minimum atomic E-state index is -1.40. The lowest BCUT2D eigenvalue weighted by Crippen LogP contribution is -2.60. The number of unbranched alkanes of at least 4 members (excludes halogenated alkanes) is 1. The molecule has 5 atom stereocenters. The molecule has 0 spiro atoms. The normalized spacial score (nSPS) is 16.1. The second-order valence-electron chi connectivity index (χ2n) is 8.88. The Kier molecular flexibility index (Phi) is 13.7. The van der Waals surface area contributed by atoms with Gasteiger partial charge in [-0.3, -0.25) is 14.4 Å². The van der Waals surface area contributed by atoms with Crippen LogP contribution >= 0.6 is 0 Å². The van der Waals surface area contributed by atoms with Crippen LogP contribution in [-0.4, -0.2) is 70.7 Å². The number of nitrogens with two attached hydrogens (primary N) is 2. The number of aliphatic hydroxyl groups is 1. The number of hydrogen-bond donors (Lipinski definition) is 7. The summed E-state index contributed by atoms with van der Waals surface area (Å²) >= 11 is 0. The van der Waals surface area contributed by atoms with E-state index in [1.165, 1.54) is 6.92 Å². The fourth-order valence-corrected chi connectivity index (χ4v) is 3.04. The van der Waals surface area contributed by atoms with Crippen molar-refractivity contribution >= 4 is 23.7 Å². The Balaban J connectivity index is 5.26. The molecule has 0 fully saturated rings. The zero-order chi connectivity index (χ0) is 25.0. The van der Waals surface area contributed by atoms with E-state index in [2.05, 4.69) is 16.0 Å². The number of carboxylic acids is 1. The first-order valence-corrected chi connectivity index (χ1v) is 11.1. The number of aliphatic carboxylic acids is 1. The van der Waals surface area contributed by atoms with E-state index in [-0.39, 0.29) is 18.3 Å². The van der Waals surface area contributed by atoms with Gasteiger partial charge in [-0.05, 0) is 44.6 Å². The Morgan fingerprint density at radius 3 is 1.81 bits per heavy atom. The highest BCUT2D eigenvalue weighted by Crippen LogP contribution is 2.08. The standard InChI is InChI=1S/C21H41N5O6/c1-11(2)10-15(21(31)32)24-20(30)17(13(5)27)26-19(29)16(12(3)4)25-18(28)14(23)8-6-7-9-22/h11-17,27H,6-10,22-23H2,1-5H3,(H,24,30)(H,25,28)(H,26,29)(H,31,32). The van der Waals surface area contributed by atoms with Crippen LogP contribution in [0.2, 0.25) is 0 Å². The van der Waals surface area contributed by atoms with Crippen LogP contribution < -0.4 is 27.4 Å². The van der Waals surface area contributed by atoms with Gasteiger partial charge in [-0.15, -0.1) is 0 Å². The van der Waals surface area contributed by atoms with Crippen molar-refractivity contribution in [2.45, 2.75) is 90.6 Å². The van der Waals surface area contributed by atoms with Crippen LogP contribution in [0.5, 0.6) is 0 Å². The van der Waals surface area contributed by atoms with Crippen molar-refractivity contribution in [3.63, 3.8) is 0 Å². The van der Waals surface area contributed by atoms with E-state index in [1.54, 1.807) is 13.8 Å². The van der Waals surface area contributed by atoms with E-state index in [0.717, 1.165) is 6.42 Å².